The molecule has 2 aromatic rings. The summed E-state index contributed by atoms with van der Waals surface area (Å²) in [6, 6.07) is 6.23. The highest BCUT2D eigenvalue weighted by Crippen LogP contribution is 2.33. The van der Waals surface area contributed by atoms with E-state index in [1.807, 2.05) is 6.07 Å². The summed E-state index contributed by atoms with van der Waals surface area (Å²) < 4.78 is 5.46. The summed E-state index contributed by atoms with van der Waals surface area (Å²) in [6.07, 6.45) is 0. The zero-order valence-corrected chi connectivity index (χ0v) is 11.9. The molecular weight excluding hydrogens is 238 g/mol. The van der Waals surface area contributed by atoms with Crippen molar-refractivity contribution in [3.05, 3.63) is 35.0 Å². The summed E-state index contributed by atoms with van der Waals surface area (Å²) in [6.45, 7) is 6.86. The van der Waals surface area contributed by atoms with Gasteiger partial charge in [0.1, 0.15) is 5.75 Å². The molecule has 0 unspecified atom stereocenters. The maximum atomic E-state index is 5.61. The largest absolute Gasteiger partial charge is 0.496 e. The van der Waals surface area contributed by atoms with Gasteiger partial charge in [0.15, 0.2) is 0 Å². The molecule has 0 amide bonds. The van der Waals surface area contributed by atoms with Gasteiger partial charge in [-0.3, -0.25) is 5.10 Å². The molecular formula is C15H21N3O. The Labute approximate surface area is 114 Å². The molecule has 4 heteroatoms. The quantitative estimate of drug-likeness (QED) is 0.887. The second kappa shape index (κ2) is 5.45. The fraction of sp³-hybridized carbons (Fsp3) is 0.400. The van der Waals surface area contributed by atoms with Crippen molar-refractivity contribution >= 4 is 0 Å². The number of nitrogens with two attached hydrogens (primary N) is 1. The van der Waals surface area contributed by atoms with Crippen LogP contribution in [0.15, 0.2) is 18.2 Å². The van der Waals surface area contributed by atoms with Crippen LogP contribution in [0.1, 0.15) is 36.6 Å². The van der Waals surface area contributed by atoms with E-state index >= 15 is 0 Å². The van der Waals surface area contributed by atoms with Crippen molar-refractivity contribution in [3.8, 4) is 17.0 Å². The standard InChI is InChI=1S/C15H21N3O/c1-9(2)12-7-13(10(3)5-15(12)19-4)14-6-11(8-16)17-18-14/h5-7,9H,8,16H2,1-4H3,(H,17,18). The van der Waals surface area contributed by atoms with Crippen LogP contribution in [-0.4, -0.2) is 17.3 Å². The Kier molecular flexibility index (Phi) is 3.90. The van der Waals surface area contributed by atoms with Crippen molar-refractivity contribution in [1.82, 2.24) is 10.2 Å². The Balaban J connectivity index is 2.54. The van der Waals surface area contributed by atoms with Gasteiger partial charge in [0.25, 0.3) is 0 Å². The first-order chi connectivity index (χ1) is 9.06. The van der Waals surface area contributed by atoms with Gasteiger partial charge in [0.2, 0.25) is 0 Å². The van der Waals surface area contributed by atoms with Crippen molar-refractivity contribution in [2.45, 2.75) is 33.2 Å². The Morgan fingerprint density at radius 3 is 2.58 bits per heavy atom. The van der Waals surface area contributed by atoms with Crippen LogP contribution in [-0.2, 0) is 6.54 Å². The number of rotatable bonds is 4. The molecule has 0 atom stereocenters. The fourth-order valence-electron chi connectivity index (χ4n) is 2.21. The molecule has 0 saturated carbocycles. The summed E-state index contributed by atoms with van der Waals surface area (Å²) in [7, 11) is 1.71. The van der Waals surface area contributed by atoms with Gasteiger partial charge in [-0.1, -0.05) is 13.8 Å². The van der Waals surface area contributed by atoms with Crippen LogP contribution in [0.5, 0.6) is 5.75 Å². The number of hydrogen-bond acceptors (Lipinski definition) is 3. The second-order valence-corrected chi connectivity index (χ2v) is 5.05. The van der Waals surface area contributed by atoms with Gasteiger partial charge in [0, 0.05) is 17.8 Å². The first-order valence-corrected chi connectivity index (χ1v) is 6.50. The van der Waals surface area contributed by atoms with E-state index in [9.17, 15) is 0 Å². The highest BCUT2D eigenvalue weighted by molar-refractivity contribution is 5.67. The predicted molar refractivity (Wildman–Crippen MR) is 77.3 cm³/mol. The van der Waals surface area contributed by atoms with Crippen molar-refractivity contribution in [3.63, 3.8) is 0 Å². The third-order valence-corrected chi connectivity index (χ3v) is 3.33. The number of methoxy groups -OCH3 is 1. The van der Waals surface area contributed by atoms with Gasteiger partial charge in [-0.2, -0.15) is 5.10 Å². The molecule has 0 radical (unpaired) electrons. The van der Waals surface area contributed by atoms with E-state index in [1.165, 1.54) is 5.56 Å². The first-order valence-electron chi connectivity index (χ1n) is 6.50. The number of H-pyrrole nitrogens is 1. The van der Waals surface area contributed by atoms with Crippen molar-refractivity contribution < 1.29 is 4.74 Å². The number of aromatic amines is 1. The molecule has 0 bridgehead atoms. The number of ether oxygens (including phenoxy) is 1. The molecule has 2 rings (SSSR count). The molecule has 0 aliphatic heterocycles. The Bertz CT molecular complexity index is 573. The maximum Gasteiger partial charge on any atom is 0.122 e. The lowest BCUT2D eigenvalue weighted by molar-refractivity contribution is 0.407. The van der Waals surface area contributed by atoms with Crippen LogP contribution in [0.2, 0.25) is 0 Å². The zero-order valence-electron chi connectivity index (χ0n) is 11.9. The lowest BCUT2D eigenvalue weighted by atomic mass is 9.95. The Morgan fingerprint density at radius 2 is 2.05 bits per heavy atom. The average Bonchev–Trinajstić information content (AvgIpc) is 2.86. The van der Waals surface area contributed by atoms with Crippen LogP contribution in [0.25, 0.3) is 11.3 Å². The number of aryl methyl sites for hydroxylation is 1. The number of aromatic nitrogens is 2. The summed E-state index contributed by atoms with van der Waals surface area (Å²) in [4.78, 5) is 0. The van der Waals surface area contributed by atoms with Gasteiger partial charge in [-0.05, 0) is 42.2 Å². The van der Waals surface area contributed by atoms with Gasteiger partial charge in [0.05, 0.1) is 12.8 Å². The van der Waals surface area contributed by atoms with Crippen LogP contribution in [0, 0.1) is 6.92 Å². The first kappa shape index (κ1) is 13.6. The summed E-state index contributed by atoms with van der Waals surface area (Å²) in [5, 5.41) is 7.28. The molecule has 19 heavy (non-hydrogen) atoms. The minimum Gasteiger partial charge on any atom is -0.496 e. The maximum absolute atomic E-state index is 5.61. The van der Waals surface area contributed by atoms with E-state index in [0.717, 1.165) is 28.3 Å². The smallest absolute Gasteiger partial charge is 0.122 e. The van der Waals surface area contributed by atoms with Crippen LogP contribution in [0.4, 0.5) is 0 Å². The molecule has 1 heterocycles. The van der Waals surface area contributed by atoms with E-state index in [0.29, 0.717) is 12.5 Å². The minimum absolute atomic E-state index is 0.405. The van der Waals surface area contributed by atoms with E-state index in [4.69, 9.17) is 10.5 Å². The Hall–Kier alpha value is -1.81. The average molecular weight is 259 g/mol. The molecule has 0 aliphatic carbocycles. The number of nitrogens with zero attached hydrogens (tertiary/aromatic N) is 1. The molecule has 1 aromatic carbocycles. The third kappa shape index (κ3) is 2.63. The van der Waals surface area contributed by atoms with E-state index in [-0.39, 0.29) is 0 Å². The highest BCUT2D eigenvalue weighted by atomic mass is 16.5. The molecule has 0 saturated heterocycles. The van der Waals surface area contributed by atoms with Gasteiger partial charge in [-0.15, -0.1) is 0 Å². The lowest BCUT2D eigenvalue weighted by Crippen LogP contribution is -1.97. The second-order valence-electron chi connectivity index (χ2n) is 5.05. The number of nitrogens with one attached hydrogen (secondary N) is 1. The fourth-order valence-corrected chi connectivity index (χ4v) is 2.21. The third-order valence-electron chi connectivity index (χ3n) is 3.33. The van der Waals surface area contributed by atoms with Gasteiger partial charge < -0.3 is 10.5 Å². The Morgan fingerprint density at radius 1 is 1.32 bits per heavy atom. The van der Waals surface area contributed by atoms with Crippen molar-refractivity contribution in [2.24, 2.45) is 5.73 Å². The highest BCUT2D eigenvalue weighted by Gasteiger charge is 2.14. The molecule has 102 valence electrons. The summed E-state index contributed by atoms with van der Waals surface area (Å²) in [5.41, 5.74) is 11.0. The normalized spacial score (nSPS) is 11.1. The molecule has 0 fully saturated rings. The van der Waals surface area contributed by atoms with Crippen molar-refractivity contribution in [1.29, 1.82) is 0 Å². The molecule has 0 spiro atoms. The lowest BCUT2D eigenvalue weighted by Gasteiger charge is -2.15. The SMILES string of the molecule is COc1cc(C)c(-c2cc(CN)[nH]n2)cc1C(C)C. The molecule has 4 nitrogen and oxygen atoms in total. The van der Waals surface area contributed by atoms with E-state index < -0.39 is 0 Å². The summed E-state index contributed by atoms with van der Waals surface area (Å²) >= 11 is 0. The van der Waals surface area contributed by atoms with Gasteiger partial charge in [-0.25, -0.2) is 0 Å². The van der Waals surface area contributed by atoms with Gasteiger partial charge >= 0.3 is 0 Å². The van der Waals surface area contributed by atoms with Crippen LogP contribution >= 0.6 is 0 Å². The summed E-state index contributed by atoms with van der Waals surface area (Å²) in [5.74, 6) is 1.34. The van der Waals surface area contributed by atoms with Crippen LogP contribution in [0.3, 0.4) is 0 Å². The van der Waals surface area contributed by atoms with Crippen LogP contribution < -0.4 is 10.5 Å². The molecule has 3 N–H and O–H groups in total. The van der Waals surface area contributed by atoms with E-state index in [1.54, 1.807) is 7.11 Å². The minimum atomic E-state index is 0.405. The van der Waals surface area contributed by atoms with Crippen molar-refractivity contribution in [2.75, 3.05) is 7.11 Å². The zero-order chi connectivity index (χ0) is 14.0. The molecule has 0 aliphatic rings. The monoisotopic (exact) mass is 259 g/mol. The molecule has 1 aromatic heterocycles. The van der Waals surface area contributed by atoms with E-state index in [2.05, 4.69) is 43.1 Å². The number of hydrogen-bond donors (Lipinski definition) is 2. The predicted octanol–water partition coefficient (Wildman–Crippen LogP) is 2.98. The number of benzene rings is 1. The topological polar surface area (TPSA) is 63.9 Å².